The second kappa shape index (κ2) is 8.68. The molecule has 0 aromatic rings. The molecule has 0 amide bonds. The summed E-state index contributed by atoms with van der Waals surface area (Å²) < 4.78 is 22.5. The molecule has 0 fully saturated rings. The zero-order valence-corrected chi connectivity index (χ0v) is 12.6. The number of aliphatic carboxylic acids is 1. The Bertz CT molecular complexity index is 280. The Labute approximate surface area is 109 Å². The van der Waals surface area contributed by atoms with E-state index < -0.39 is 19.5 Å². The first-order chi connectivity index (χ1) is 8.34. The van der Waals surface area contributed by atoms with Crippen LogP contribution >= 0.6 is 7.60 Å². The summed E-state index contributed by atoms with van der Waals surface area (Å²) in [5.41, 5.74) is 0. The highest BCUT2D eigenvalue weighted by Crippen LogP contribution is 2.50. The molecule has 0 spiro atoms. The number of carboxylic acids is 1. The van der Waals surface area contributed by atoms with Crippen molar-refractivity contribution in [3.63, 3.8) is 0 Å². The monoisotopic (exact) mass is 280 g/mol. The molecule has 18 heavy (non-hydrogen) atoms. The van der Waals surface area contributed by atoms with E-state index in [2.05, 4.69) is 0 Å². The molecule has 1 atom stereocenters. The molecular weight excluding hydrogens is 255 g/mol. The Morgan fingerprint density at radius 3 is 2.00 bits per heavy atom. The van der Waals surface area contributed by atoms with Crippen molar-refractivity contribution in [3.05, 3.63) is 0 Å². The molecule has 6 heteroatoms. The van der Waals surface area contributed by atoms with E-state index in [-0.39, 0.29) is 19.4 Å². The van der Waals surface area contributed by atoms with Crippen LogP contribution in [0.25, 0.3) is 0 Å². The van der Waals surface area contributed by atoms with E-state index in [0.29, 0.717) is 12.3 Å². The normalized spacial score (nSPS) is 13.8. The molecule has 1 unspecified atom stereocenters. The smallest absolute Gasteiger partial charge is 0.331 e. The number of rotatable bonds is 10. The molecule has 0 saturated carbocycles. The van der Waals surface area contributed by atoms with Crippen molar-refractivity contribution >= 4 is 13.6 Å². The Hall–Kier alpha value is -0.380. The van der Waals surface area contributed by atoms with Crippen molar-refractivity contribution in [1.82, 2.24) is 0 Å². The van der Waals surface area contributed by atoms with Crippen LogP contribution in [0.4, 0.5) is 0 Å². The van der Waals surface area contributed by atoms with E-state index in [1.807, 2.05) is 13.8 Å². The van der Waals surface area contributed by atoms with E-state index in [9.17, 15) is 9.36 Å². The summed E-state index contributed by atoms with van der Waals surface area (Å²) in [6.07, 6.45) is 1.24. The van der Waals surface area contributed by atoms with Gasteiger partial charge in [0.1, 0.15) is 0 Å². The van der Waals surface area contributed by atoms with Gasteiger partial charge in [-0.15, -0.1) is 0 Å². The van der Waals surface area contributed by atoms with Gasteiger partial charge in [0, 0.05) is 0 Å². The number of carboxylic acid groups (broad SMARTS) is 1. The third-order valence-corrected chi connectivity index (χ3v) is 4.73. The molecule has 0 saturated heterocycles. The molecule has 5 nitrogen and oxygen atoms in total. The fourth-order valence-electron chi connectivity index (χ4n) is 1.63. The predicted octanol–water partition coefficient (Wildman–Crippen LogP) is 3.39. The minimum Gasteiger partial charge on any atom is -0.481 e. The summed E-state index contributed by atoms with van der Waals surface area (Å²) in [5.74, 6) is -1.18. The van der Waals surface area contributed by atoms with Crippen LogP contribution in [-0.2, 0) is 18.4 Å². The molecule has 0 radical (unpaired) electrons. The van der Waals surface area contributed by atoms with E-state index in [1.54, 1.807) is 13.8 Å². The largest absolute Gasteiger partial charge is 0.481 e. The van der Waals surface area contributed by atoms with Crippen LogP contribution < -0.4 is 0 Å². The highest BCUT2D eigenvalue weighted by molar-refractivity contribution is 7.53. The predicted molar refractivity (Wildman–Crippen MR) is 70.9 cm³/mol. The van der Waals surface area contributed by atoms with Crippen LogP contribution in [0, 0.1) is 11.8 Å². The zero-order valence-electron chi connectivity index (χ0n) is 11.7. The molecule has 1 N–H and O–H groups in total. The Morgan fingerprint density at radius 1 is 1.17 bits per heavy atom. The summed E-state index contributed by atoms with van der Waals surface area (Å²) in [6.45, 7) is 8.01. The van der Waals surface area contributed by atoms with Crippen molar-refractivity contribution in [2.45, 2.75) is 40.5 Å². The van der Waals surface area contributed by atoms with Gasteiger partial charge in [0.2, 0.25) is 0 Å². The maximum absolute atomic E-state index is 12.3. The van der Waals surface area contributed by atoms with Gasteiger partial charge in [-0.25, -0.2) is 0 Å². The van der Waals surface area contributed by atoms with Crippen LogP contribution in [-0.4, -0.2) is 30.5 Å². The molecule has 108 valence electrons. The number of carbonyl (C=O) groups is 1. The van der Waals surface area contributed by atoms with Crippen molar-refractivity contribution in [2.24, 2.45) is 11.8 Å². The maximum Gasteiger partial charge on any atom is 0.331 e. The van der Waals surface area contributed by atoms with E-state index in [4.69, 9.17) is 14.2 Å². The average molecular weight is 280 g/mol. The first-order valence-electron chi connectivity index (χ1n) is 6.45. The fraction of sp³-hybridized carbons (Fsp3) is 0.917. The van der Waals surface area contributed by atoms with Gasteiger partial charge in [0.25, 0.3) is 0 Å². The highest BCUT2D eigenvalue weighted by atomic mass is 31.2. The molecule has 0 aliphatic rings. The van der Waals surface area contributed by atoms with Crippen LogP contribution in [0.1, 0.15) is 40.5 Å². The molecule has 0 aliphatic carbocycles. The van der Waals surface area contributed by atoms with Gasteiger partial charge in [-0.05, 0) is 26.2 Å². The molecule has 0 aliphatic heterocycles. The Morgan fingerprint density at radius 2 is 1.67 bits per heavy atom. The van der Waals surface area contributed by atoms with Crippen LogP contribution in [0.5, 0.6) is 0 Å². The van der Waals surface area contributed by atoms with E-state index >= 15 is 0 Å². The summed E-state index contributed by atoms with van der Waals surface area (Å²) in [7, 11) is -3.27. The van der Waals surface area contributed by atoms with Gasteiger partial charge in [-0.2, -0.15) is 0 Å². The number of hydrogen-bond acceptors (Lipinski definition) is 4. The molecule has 0 rings (SSSR count). The quantitative estimate of drug-likeness (QED) is 0.621. The SMILES string of the molecule is CCOP(=O)(CC(CCC(C)C)C(=O)O)OCC. The second-order valence-corrected chi connectivity index (χ2v) is 6.74. The lowest BCUT2D eigenvalue weighted by Gasteiger charge is -2.21. The summed E-state index contributed by atoms with van der Waals surface area (Å²) in [6, 6.07) is 0. The van der Waals surface area contributed by atoms with Gasteiger partial charge < -0.3 is 14.2 Å². The first kappa shape index (κ1) is 17.6. The summed E-state index contributed by atoms with van der Waals surface area (Å²) >= 11 is 0. The molecule has 0 aromatic heterocycles. The van der Waals surface area contributed by atoms with Gasteiger partial charge in [-0.3, -0.25) is 9.36 Å². The molecule has 0 aromatic carbocycles. The lowest BCUT2D eigenvalue weighted by Crippen LogP contribution is -2.20. The fourth-order valence-corrected chi connectivity index (χ4v) is 3.58. The Kier molecular flexibility index (Phi) is 8.49. The average Bonchev–Trinajstić information content (AvgIpc) is 2.24. The first-order valence-corrected chi connectivity index (χ1v) is 8.18. The van der Waals surface area contributed by atoms with Crippen LogP contribution in [0.3, 0.4) is 0 Å². The second-order valence-electron chi connectivity index (χ2n) is 4.64. The Balaban J connectivity index is 4.61. The maximum atomic E-state index is 12.3. The number of hydrogen-bond donors (Lipinski definition) is 1. The minimum absolute atomic E-state index is 0.0449. The topological polar surface area (TPSA) is 72.8 Å². The van der Waals surface area contributed by atoms with Gasteiger partial charge >= 0.3 is 13.6 Å². The van der Waals surface area contributed by atoms with Crippen molar-refractivity contribution in [1.29, 1.82) is 0 Å². The standard InChI is InChI=1S/C12H25O5P/c1-5-16-18(15,17-6-2)9-11(12(13)14)8-7-10(3)4/h10-11H,5-9H2,1-4H3,(H,13,14). The van der Waals surface area contributed by atoms with E-state index in [0.717, 1.165) is 6.42 Å². The third kappa shape index (κ3) is 7.14. The summed E-state index contributed by atoms with van der Waals surface area (Å²) in [4.78, 5) is 11.2. The third-order valence-electron chi connectivity index (χ3n) is 2.54. The van der Waals surface area contributed by atoms with Gasteiger partial charge in [-0.1, -0.05) is 20.3 Å². The molecular formula is C12H25O5P. The van der Waals surface area contributed by atoms with Crippen molar-refractivity contribution < 1.29 is 23.5 Å². The van der Waals surface area contributed by atoms with Gasteiger partial charge in [0.15, 0.2) is 0 Å². The summed E-state index contributed by atoms with van der Waals surface area (Å²) in [5, 5.41) is 9.15. The van der Waals surface area contributed by atoms with Crippen molar-refractivity contribution in [3.8, 4) is 0 Å². The lowest BCUT2D eigenvalue weighted by molar-refractivity contribution is -0.141. The zero-order chi connectivity index (χ0) is 14.2. The van der Waals surface area contributed by atoms with E-state index in [1.165, 1.54) is 0 Å². The minimum atomic E-state index is -3.27. The van der Waals surface area contributed by atoms with Gasteiger partial charge in [0.05, 0.1) is 25.3 Å². The van der Waals surface area contributed by atoms with Crippen LogP contribution in [0.2, 0.25) is 0 Å². The van der Waals surface area contributed by atoms with Crippen molar-refractivity contribution in [2.75, 3.05) is 19.4 Å². The molecule has 0 bridgehead atoms. The van der Waals surface area contributed by atoms with Crippen LogP contribution in [0.15, 0.2) is 0 Å². The lowest BCUT2D eigenvalue weighted by atomic mass is 9.99. The molecule has 0 heterocycles. The highest BCUT2D eigenvalue weighted by Gasteiger charge is 2.32.